The van der Waals surface area contributed by atoms with E-state index in [4.69, 9.17) is 4.42 Å². The molecule has 0 saturated carbocycles. The maximum atomic E-state index is 13.0. The highest BCUT2D eigenvalue weighted by atomic mass is 79.9. The number of halogens is 1. The van der Waals surface area contributed by atoms with Crippen LogP contribution in [0.5, 0.6) is 0 Å². The molecule has 0 aliphatic carbocycles. The predicted octanol–water partition coefficient (Wildman–Crippen LogP) is 4.21. The second-order valence-electron chi connectivity index (χ2n) is 5.79. The van der Waals surface area contributed by atoms with E-state index >= 15 is 0 Å². The van der Waals surface area contributed by atoms with Crippen molar-refractivity contribution in [2.45, 2.75) is 11.7 Å². The fourth-order valence-electron chi connectivity index (χ4n) is 2.59. The number of hydrogen-bond donors (Lipinski definition) is 1. The summed E-state index contributed by atoms with van der Waals surface area (Å²) in [4.78, 5) is 29.8. The van der Waals surface area contributed by atoms with Gasteiger partial charge in [0.1, 0.15) is 10.5 Å². The standard InChI is InChI=1S/C19H14BrN3O3S2/c20-12-3-5-13(6-4-12)23-18(25)17-15(7-9-27-17)22-19(23)28-11-16(24)21-10-14-2-1-8-26-14/h1-9H,10-11H2,(H,21,24). The predicted molar refractivity (Wildman–Crippen MR) is 114 cm³/mol. The lowest BCUT2D eigenvalue weighted by atomic mass is 10.3. The van der Waals surface area contributed by atoms with E-state index in [1.165, 1.54) is 23.1 Å². The van der Waals surface area contributed by atoms with Crippen LogP contribution in [0.3, 0.4) is 0 Å². The molecule has 0 fully saturated rings. The summed E-state index contributed by atoms with van der Waals surface area (Å²) < 4.78 is 8.27. The molecule has 3 heterocycles. The van der Waals surface area contributed by atoms with Gasteiger partial charge in [-0.15, -0.1) is 11.3 Å². The maximum Gasteiger partial charge on any atom is 0.276 e. The minimum Gasteiger partial charge on any atom is -0.467 e. The van der Waals surface area contributed by atoms with Crippen LogP contribution in [-0.4, -0.2) is 21.2 Å². The zero-order chi connectivity index (χ0) is 19.5. The molecule has 9 heteroatoms. The topological polar surface area (TPSA) is 77.1 Å². The Labute approximate surface area is 176 Å². The van der Waals surface area contributed by atoms with Gasteiger partial charge in [0.25, 0.3) is 5.56 Å². The average Bonchev–Trinajstić information content (AvgIpc) is 3.37. The maximum absolute atomic E-state index is 13.0. The van der Waals surface area contributed by atoms with Gasteiger partial charge in [-0.2, -0.15) is 0 Å². The van der Waals surface area contributed by atoms with E-state index in [1.807, 2.05) is 35.7 Å². The first-order valence-corrected chi connectivity index (χ1v) is 11.0. The van der Waals surface area contributed by atoms with Gasteiger partial charge in [-0.05, 0) is 47.8 Å². The Morgan fingerprint density at radius 3 is 2.82 bits per heavy atom. The molecule has 0 saturated heterocycles. The average molecular weight is 476 g/mol. The van der Waals surface area contributed by atoms with Crippen molar-refractivity contribution >= 4 is 55.2 Å². The quantitative estimate of drug-likeness (QED) is 0.333. The molecule has 3 aromatic heterocycles. The van der Waals surface area contributed by atoms with Crippen molar-refractivity contribution in [3.63, 3.8) is 0 Å². The molecule has 0 bridgehead atoms. The lowest BCUT2D eigenvalue weighted by Crippen LogP contribution is -2.26. The minimum atomic E-state index is -0.163. The minimum absolute atomic E-state index is 0.138. The first-order chi connectivity index (χ1) is 13.6. The van der Waals surface area contributed by atoms with Crippen molar-refractivity contribution < 1.29 is 9.21 Å². The number of rotatable bonds is 6. The summed E-state index contributed by atoms with van der Waals surface area (Å²) in [6.07, 6.45) is 1.56. The molecule has 142 valence electrons. The molecule has 28 heavy (non-hydrogen) atoms. The summed E-state index contributed by atoms with van der Waals surface area (Å²) in [6.45, 7) is 0.322. The van der Waals surface area contributed by atoms with Crippen LogP contribution >= 0.6 is 39.0 Å². The number of thiophene rings is 1. The molecule has 0 aliphatic rings. The molecule has 4 rings (SSSR count). The van der Waals surface area contributed by atoms with Gasteiger partial charge < -0.3 is 9.73 Å². The molecular formula is C19H14BrN3O3S2. The Morgan fingerprint density at radius 1 is 1.25 bits per heavy atom. The van der Waals surface area contributed by atoms with Crippen molar-refractivity contribution in [2.24, 2.45) is 0 Å². The highest BCUT2D eigenvalue weighted by molar-refractivity contribution is 9.10. The molecule has 0 atom stereocenters. The lowest BCUT2D eigenvalue weighted by Gasteiger charge is -2.12. The van der Waals surface area contributed by atoms with Crippen molar-refractivity contribution in [3.8, 4) is 5.69 Å². The number of fused-ring (bicyclic) bond motifs is 1. The number of carbonyl (C=O) groups is 1. The summed E-state index contributed by atoms with van der Waals surface area (Å²) >= 11 is 5.99. The number of nitrogens with zero attached hydrogens (tertiary/aromatic N) is 2. The van der Waals surface area contributed by atoms with Crippen LogP contribution in [0.2, 0.25) is 0 Å². The van der Waals surface area contributed by atoms with Gasteiger partial charge in [-0.3, -0.25) is 14.2 Å². The molecular weight excluding hydrogens is 462 g/mol. The second kappa shape index (κ2) is 8.34. The first-order valence-electron chi connectivity index (χ1n) is 8.30. The Balaban J connectivity index is 1.60. The lowest BCUT2D eigenvalue weighted by molar-refractivity contribution is -0.118. The van der Waals surface area contributed by atoms with Crippen LogP contribution in [-0.2, 0) is 11.3 Å². The van der Waals surface area contributed by atoms with Gasteiger partial charge in [-0.1, -0.05) is 27.7 Å². The van der Waals surface area contributed by atoms with E-state index in [1.54, 1.807) is 23.0 Å². The van der Waals surface area contributed by atoms with Gasteiger partial charge in [0.15, 0.2) is 5.16 Å². The van der Waals surface area contributed by atoms with Crippen LogP contribution in [0.4, 0.5) is 0 Å². The summed E-state index contributed by atoms with van der Waals surface area (Å²) in [5.41, 5.74) is 1.21. The van der Waals surface area contributed by atoms with Crippen LogP contribution in [0.1, 0.15) is 5.76 Å². The van der Waals surface area contributed by atoms with E-state index in [-0.39, 0.29) is 17.2 Å². The smallest absolute Gasteiger partial charge is 0.276 e. The Kier molecular flexibility index (Phi) is 5.65. The number of thioether (sulfide) groups is 1. The number of nitrogens with one attached hydrogen (secondary N) is 1. The van der Waals surface area contributed by atoms with E-state index in [0.717, 1.165) is 4.47 Å². The number of aromatic nitrogens is 2. The van der Waals surface area contributed by atoms with Gasteiger partial charge in [0, 0.05) is 4.47 Å². The molecule has 0 aliphatic heterocycles. The number of benzene rings is 1. The van der Waals surface area contributed by atoms with Crippen molar-refractivity contribution in [3.05, 3.63) is 74.7 Å². The Bertz CT molecular complexity index is 1170. The summed E-state index contributed by atoms with van der Waals surface area (Å²) in [6, 6.07) is 12.8. The summed E-state index contributed by atoms with van der Waals surface area (Å²) in [7, 11) is 0. The molecule has 1 N–H and O–H groups in total. The fraction of sp³-hybridized carbons (Fsp3) is 0.105. The highest BCUT2D eigenvalue weighted by Gasteiger charge is 2.15. The summed E-state index contributed by atoms with van der Waals surface area (Å²) in [5.74, 6) is 0.658. The van der Waals surface area contributed by atoms with Gasteiger partial charge in [-0.25, -0.2) is 4.98 Å². The number of furan rings is 1. The molecule has 4 aromatic rings. The third kappa shape index (κ3) is 4.06. The third-order valence-electron chi connectivity index (χ3n) is 3.91. The molecule has 1 amide bonds. The third-order valence-corrected chi connectivity index (χ3v) is 6.27. The van der Waals surface area contributed by atoms with Gasteiger partial charge in [0.05, 0.1) is 29.8 Å². The Morgan fingerprint density at radius 2 is 2.07 bits per heavy atom. The SMILES string of the molecule is O=C(CSc1nc2ccsc2c(=O)n1-c1ccc(Br)cc1)NCc1ccco1. The van der Waals surface area contributed by atoms with Crippen molar-refractivity contribution in [2.75, 3.05) is 5.75 Å². The monoisotopic (exact) mass is 475 g/mol. The normalized spacial score (nSPS) is 11.0. The Hall–Kier alpha value is -2.36. The fourth-order valence-corrected chi connectivity index (χ4v) is 4.45. The van der Waals surface area contributed by atoms with E-state index in [2.05, 4.69) is 26.2 Å². The zero-order valence-corrected chi connectivity index (χ0v) is 17.6. The van der Waals surface area contributed by atoms with Crippen molar-refractivity contribution in [1.29, 1.82) is 0 Å². The molecule has 1 aromatic carbocycles. The van der Waals surface area contributed by atoms with Crippen LogP contribution in [0, 0.1) is 0 Å². The number of amides is 1. The largest absolute Gasteiger partial charge is 0.467 e. The number of hydrogen-bond acceptors (Lipinski definition) is 6. The van der Waals surface area contributed by atoms with Crippen LogP contribution in [0.25, 0.3) is 15.9 Å². The van der Waals surface area contributed by atoms with E-state index in [0.29, 0.717) is 33.4 Å². The van der Waals surface area contributed by atoms with E-state index < -0.39 is 0 Å². The molecule has 0 spiro atoms. The van der Waals surface area contributed by atoms with Crippen LogP contribution < -0.4 is 10.9 Å². The van der Waals surface area contributed by atoms with Crippen molar-refractivity contribution in [1.82, 2.24) is 14.9 Å². The molecule has 0 unspecified atom stereocenters. The highest BCUT2D eigenvalue weighted by Crippen LogP contribution is 2.24. The van der Waals surface area contributed by atoms with Gasteiger partial charge >= 0.3 is 0 Å². The van der Waals surface area contributed by atoms with Crippen LogP contribution in [0.15, 0.2) is 72.9 Å². The molecule has 6 nitrogen and oxygen atoms in total. The van der Waals surface area contributed by atoms with Gasteiger partial charge in [0.2, 0.25) is 5.91 Å². The van der Waals surface area contributed by atoms with E-state index in [9.17, 15) is 9.59 Å². The molecule has 0 radical (unpaired) electrons. The second-order valence-corrected chi connectivity index (χ2v) is 8.57. The summed E-state index contributed by atoms with van der Waals surface area (Å²) in [5, 5.41) is 5.12. The first kappa shape index (κ1) is 19.0. The number of carbonyl (C=O) groups excluding carboxylic acids is 1. The zero-order valence-electron chi connectivity index (χ0n) is 14.4.